The van der Waals surface area contributed by atoms with Gasteiger partial charge in [0.05, 0.1) is 11.8 Å². The van der Waals surface area contributed by atoms with Crippen LogP contribution in [0.4, 0.5) is 0 Å². The van der Waals surface area contributed by atoms with Crippen LogP contribution in [0.3, 0.4) is 0 Å². The van der Waals surface area contributed by atoms with Gasteiger partial charge in [0.15, 0.2) is 0 Å². The van der Waals surface area contributed by atoms with Crippen LogP contribution in [0.1, 0.15) is 73.9 Å². The number of aliphatic hydroxyl groups excluding tert-OH is 1. The van der Waals surface area contributed by atoms with Crippen LogP contribution in [0.25, 0.3) is 0 Å². The zero-order valence-corrected chi connectivity index (χ0v) is 16.0. The summed E-state index contributed by atoms with van der Waals surface area (Å²) >= 11 is 0. The molecule has 1 unspecified atom stereocenters. The number of aromatic nitrogens is 2. The predicted octanol–water partition coefficient (Wildman–Crippen LogP) is 3.30. The van der Waals surface area contributed by atoms with Crippen LogP contribution in [-0.4, -0.2) is 27.3 Å². The molecule has 1 atom stereocenters. The van der Waals surface area contributed by atoms with Crippen molar-refractivity contribution in [3.05, 3.63) is 52.8 Å². The molecule has 2 rings (SSSR count). The maximum Gasteiger partial charge on any atom is 0.269 e. The highest BCUT2D eigenvalue weighted by Crippen LogP contribution is 2.22. The van der Waals surface area contributed by atoms with Crippen LogP contribution in [0.2, 0.25) is 0 Å². The molecule has 2 aromatic rings. The number of benzene rings is 1. The summed E-state index contributed by atoms with van der Waals surface area (Å²) < 4.78 is 1.58. The van der Waals surface area contributed by atoms with Crippen LogP contribution in [0.15, 0.2) is 30.3 Å². The highest BCUT2D eigenvalue weighted by Gasteiger charge is 2.22. The van der Waals surface area contributed by atoms with Crippen molar-refractivity contribution >= 4 is 5.91 Å². The molecule has 1 aromatic heterocycles. The SMILES string of the molecule is CC(C)c1ccc(C(O)CNC(=O)c2cc(C(C)(C)C)nn2C)cc1. The Hall–Kier alpha value is -2.14. The molecular formula is C20H29N3O2. The highest BCUT2D eigenvalue weighted by molar-refractivity contribution is 5.92. The molecule has 1 aromatic carbocycles. The van der Waals surface area contributed by atoms with E-state index in [9.17, 15) is 9.90 Å². The van der Waals surface area contributed by atoms with Crippen LogP contribution in [0.5, 0.6) is 0 Å². The average molecular weight is 343 g/mol. The fraction of sp³-hybridized carbons (Fsp3) is 0.500. The first-order valence-corrected chi connectivity index (χ1v) is 8.70. The molecule has 0 aliphatic carbocycles. The molecular weight excluding hydrogens is 314 g/mol. The van der Waals surface area contributed by atoms with E-state index in [1.807, 2.05) is 24.3 Å². The summed E-state index contributed by atoms with van der Waals surface area (Å²) in [7, 11) is 1.76. The molecule has 0 aliphatic heterocycles. The standard InChI is InChI=1S/C20H29N3O2/c1-13(2)14-7-9-15(10-8-14)17(24)12-21-19(25)16-11-18(20(3,4)5)22-23(16)6/h7-11,13,17,24H,12H2,1-6H3,(H,21,25). The van der Waals surface area contributed by atoms with Crippen molar-refractivity contribution in [2.75, 3.05) is 6.54 Å². The van der Waals surface area contributed by atoms with Crippen molar-refractivity contribution in [1.29, 1.82) is 0 Å². The summed E-state index contributed by atoms with van der Waals surface area (Å²) in [6.45, 7) is 10.6. The van der Waals surface area contributed by atoms with Crippen LogP contribution in [0, 0.1) is 0 Å². The Balaban J connectivity index is 2.01. The monoisotopic (exact) mass is 343 g/mol. The number of nitrogens with zero attached hydrogens (tertiary/aromatic N) is 2. The summed E-state index contributed by atoms with van der Waals surface area (Å²) in [5.41, 5.74) is 3.26. The topological polar surface area (TPSA) is 67.2 Å². The summed E-state index contributed by atoms with van der Waals surface area (Å²) in [5, 5.41) is 17.5. The van der Waals surface area contributed by atoms with Gasteiger partial charge < -0.3 is 10.4 Å². The molecule has 0 radical (unpaired) electrons. The number of amides is 1. The first-order valence-electron chi connectivity index (χ1n) is 8.70. The zero-order valence-electron chi connectivity index (χ0n) is 16.0. The molecule has 5 heteroatoms. The Bertz CT molecular complexity index is 724. The van der Waals surface area contributed by atoms with Crippen molar-refractivity contribution in [3.63, 3.8) is 0 Å². The third-order valence-electron chi connectivity index (χ3n) is 4.32. The molecule has 136 valence electrons. The third-order valence-corrected chi connectivity index (χ3v) is 4.32. The largest absolute Gasteiger partial charge is 0.387 e. The first-order chi connectivity index (χ1) is 11.6. The van der Waals surface area contributed by atoms with E-state index in [-0.39, 0.29) is 17.9 Å². The van der Waals surface area contributed by atoms with Crippen molar-refractivity contribution < 1.29 is 9.90 Å². The number of nitrogens with one attached hydrogen (secondary N) is 1. The van der Waals surface area contributed by atoms with E-state index in [0.29, 0.717) is 11.6 Å². The minimum Gasteiger partial charge on any atom is -0.387 e. The van der Waals surface area contributed by atoms with E-state index in [1.54, 1.807) is 17.8 Å². The van der Waals surface area contributed by atoms with Gasteiger partial charge in [-0.25, -0.2) is 0 Å². The Labute approximate surface area is 150 Å². The third kappa shape index (κ3) is 4.69. The highest BCUT2D eigenvalue weighted by atomic mass is 16.3. The van der Waals surface area contributed by atoms with Crippen LogP contribution >= 0.6 is 0 Å². The lowest BCUT2D eigenvalue weighted by Gasteiger charge is -2.14. The number of hydrogen-bond donors (Lipinski definition) is 2. The summed E-state index contributed by atoms with van der Waals surface area (Å²) in [6, 6.07) is 9.66. The number of carbonyl (C=O) groups excluding carboxylic acids is 1. The summed E-state index contributed by atoms with van der Waals surface area (Å²) in [6.07, 6.45) is -0.736. The first kappa shape index (κ1) is 19.2. The summed E-state index contributed by atoms with van der Waals surface area (Å²) in [5.74, 6) is 0.219. The van der Waals surface area contributed by atoms with Crippen LogP contribution in [-0.2, 0) is 12.5 Å². The second-order valence-electron chi connectivity index (χ2n) is 7.84. The van der Waals surface area contributed by atoms with Gasteiger partial charge in [-0.05, 0) is 23.1 Å². The lowest BCUT2D eigenvalue weighted by Crippen LogP contribution is -2.29. The fourth-order valence-corrected chi connectivity index (χ4v) is 2.55. The number of rotatable bonds is 5. The fourth-order valence-electron chi connectivity index (χ4n) is 2.55. The van der Waals surface area contributed by atoms with Crippen LogP contribution < -0.4 is 5.32 Å². The average Bonchev–Trinajstić information content (AvgIpc) is 2.94. The molecule has 5 nitrogen and oxygen atoms in total. The minimum absolute atomic E-state index is 0.117. The quantitative estimate of drug-likeness (QED) is 0.875. The van der Waals surface area contributed by atoms with Crippen molar-refractivity contribution in [3.8, 4) is 0 Å². The second kappa shape index (κ2) is 7.40. The van der Waals surface area contributed by atoms with Crippen molar-refractivity contribution in [2.45, 2.75) is 52.1 Å². The van der Waals surface area contributed by atoms with E-state index in [1.165, 1.54) is 5.56 Å². The molecule has 0 saturated heterocycles. The normalized spacial score (nSPS) is 13.1. The Morgan fingerprint density at radius 2 is 1.76 bits per heavy atom. The van der Waals surface area contributed by atoms with Gasteiger partial charge in [0.1, 0.15) is 5.69 Å². The van der Waals surface area contributed by atoms with Gasteiger partial charge in [-0.3, -0.25) is 9.48 Å². The lowest BCUT2D eigenvalue weighted by molar-refractivity contribution is 0.0907. The Morgan fingerprint density at radius 1 is 1.20 bits per heavy atom. The predicted molar refractivity (Wildman–Crippen MR) is 99.7 cm³/mol. The van der Waals surface area contributed by atoms with E-state index in [2.05, 4.69) is 45.0 Å². The second-order valence-corrected chi connectivity index (χ2v) is 7.84. The molecule has 0 aliphatic rings. The van der Waals surface area contributed by atoms with Gasteiger partial charge in [-0.1, -0.05) is 58.9 Å². The van der Waals surface area contributed by atoms with Gasteiger partial charge in [-0.2, -0.15) is 5.10 Å². The number of aliphatic hydroxyl groups is 1. The van der Waals surface area contributed by atoms with E-state index in [4.69, 9.17) is 0 Å². The van der Waals surface area contributed by atoms with E-state index in [0.717, 1.165) is 11.3 Å². The molecule has 1 heterocycles. The molecule has 0 fully saturated rings. The smallest absolute Gasteiger partial charge is 0.269 e. The molecule has 0 bridgehead atoms. The maximum absolute atomic E-state index is 12.4. The van der Waals surface area contributed by atoms with E-state index >= 15 is 0 Å². The van der Waals surface area contributed by atoms with Crippen molar-refractivity contribution in [2.24, 2.45) is 7.05 Å². The van der Waals surface area contributed by atoms with Gasteiger partial charge in [0, 0.05) is 19.0 Å². The molecule has 0 saturated carbocycles. The van der Waals surface area contributed by atoms with Gasteiger partial charge in [0.2, 0.25) is 0 Å². The lowest BCUT2D eigenvalue weighted by atomic mass is 9.92. The Morgan fingerprint density at radius 3 is 2.24 bits per heavy atom. The summed E-state index contributed by atoms with van der Waals surface area (Å²) in [4.78, 5) is 12.4. The van der Waals surface area contributed by atoms with Gasteiger partial charge in [0.25, 0.3) is 5.91 Å². The molecule has 0 spiro atoms. The zero-order chi connectivity index (χ0) is 18.8. The number of aryl methyl sites for hydroxylation is 1. The van der Waals surface area contributed by atoms with E-state index < -0.39 is 6.10 Å². The minimum atomic E-state index is -0.736. The van der Waals surface area contributed by atoms with Gasteiger partial charge in [-0.15, -0.1) is 0 Å². The molecule has 2 N–H and O–H groups in total. The number of hydrogen-bond acceptors (Lipinski definition) is 3. The molecule has 25 heavy (non-hydrogen) atoms. The molecule has 1 amide bonds. The maximum atomic E-state index is 12.4. The van der Waals surface area contributed by atoms with Crippen molar-refractivity contribution in [1.82, 2.24) is 15.1 Å². The Kier molecular flexibility index (Phi) is 5.68. The van der Waals surface area contributed by atoms with Gasteiger partial charge >= 0.3 is 0 Å². The number of carbonyl (C=O) groups is 1.